The van der Waals surface area contributed by atoms with Crippen LogP contribution in [-0.4, -0.2) is 42.4 Å². The molecule has 1 heterocycles. The maximum absolute atomic E-state index is 10.3. The molecule has 2 rings (SSSR count). The van der Waals surface area contributed by atoms with Gasteiger partial charge in [0, 0.05) is 24.7 Å². The number of likely N-dealkylation sites (N-methyl/N-ethyl adjacent to an activating group) is 1. The molecule has 1 saturated heterocycles. The SMILES string of the molecule is CCN(CC1CCCO1)CC(O)c1ccc(Cl)cc1. The lowest BCUT2D eigenvalue weighted by molar-refractivity contribution is 0.0516. The molecule has 2 atom stereocenters. The molecular formula is C15H22ClNO2. The summed E-state index contributed by atoms with van der Waals surface area (Å²) in [4.78, 5) is 2.25. The van der Waals surface area contributed by atoms with Gasteiger partial charge in [-0.3, -0.25) is 4.90 Å². The lowest BCUT2D eigenvalue weighted by atomic mass is 10.1. The third-order valence-electron chi connectivity index (χ3n) is 3.62. The number of nitrogens with zero attached hydrogens (tertiary/aromatic N) is 1. The maximum Gasteiger partial charge on any atom is 0.0916 e. The fraction of sp³-hybridized carbons (Fsp3) is 0.600. The molecule has 0 aliphatic carbocycles. The minimum absolute atomic E-state index is 0.331. The van der Waals surface area contributed by atoms with Crippen molar-refractivity contribution in [2.45, 2.75) is 32.0 Å². The monoisotopic (exact) mass is 283 g/mol. The van der Waals surface area contributed by atoms with Gasteiger partial charge < -0.3 is 9.84 Å². The van der Waals surface area contributed by atoms with Crippen molar-refractivity contribution >= 4 is 11.6 Å². The van der Waals surface area contributed by atoms with Gasteiger partial charge in [0.1, 0.15) is 0 Å². The van der Waals surface area contributed by atoms with E-state index in [1.807, 2.05) is 24.3 Å². The highest BCUT2D eigenvalue weighted by Gasteiger charge is 2.20. The topological polar surface area (TPSA) is 32.7 Å². The molecule has 106 valence electrons. The number of benzene rings is 1. The summed E-state index contributed by atoms with van der Waals surface area (Å²) in [5.41, 5.74) is 0.912. The van der Waals surface area contributed by atoms with E-state index in [2.05, 4.69) is 11.8 Å². The van der Waals surface area contributed by atoms with Crippen LogP contribution in [0.1, 0.15) is 31.4 Å². The number of halogens is 1. The van der Waals surface area contributed by atoms with E-state index in [-0.39, 0.29) is 0 Å². The molecule has 0 radical (unpaired) electrons. The number of rotatable bonds is 6. The molecule has 1 fully saturated rings. The van der Waals surface area contributed by atoms with Gasteiger partial charge in [-0.15, -0.1) is 0 Å². The van der Waals surface area contributed by atoms with Crippen molar-refractivity contribution in [3.05, 3.63) is 34.9 Å². The van der Waals surface area contributed by atoms with E-state index < -0.39 is 6.10 Å². The molecule has 3 nitrogen and oxygen atoms in total. The molecule has 0 aromatic heterocycles. The summed E-state index contributed by atoms with van der Waals surface area (Å²) < 4.78 is 5.65. The fourth-order valence-electron chi connectivity index (χ4n) is 2.44. The van der Waals surface area contributed by atoms with Crippen molar-refractivity contribution in [1.82, 2.24) is 4.90 Å². The second kappa shape index (κ2) is 7.25. The van der Waals surface area contributed by atoms with Gasteiger partial charge in [0.25, 0.3) is 0 Å². The summed E-state index contributed by atoms with van der Waals surface area (Å²) in [5, 5.41) is 11.0. The first-order valence-corrected chi connectivity index (χ1v) is 7.34. The van der Waals surface area contributed by atoms with Gasteiger partial charge in [0.05, 0.1) is 12.2 Å². The van der Waals surface area contributed by atoms with Crippen LogP contribution in [0.5, 0.6) is 0 Å². The minimum Gasteiger partial charge on any atom is -0.387 e. The summed E-state index contributed by atoms with van der Waals surface area (Å²) in [5.74, 6) is 0. The molecule has 19 heavy (non-hydrogen) atoms. The molecule has 1 aromatic rings. The highest BCUT2D eigenvalue weighted by molar-refractivity contribution is 6.30. The van der Waals surface area contributed by atoms with Crippen LogP contribution >= 0.6 is 11.6 Å². The van der Waals surface area contributed by atoms with E-state index in [0.29, 0.717) is 17.7 Å². The van der Waals surface area contributed by atoms with Gasteiger partial charge in [0.2, 0.25) is 0 Å². The Hall–Kier alpha value is -0.610. The van der Waals surface area contributed by atoms with Crippen molar-refractivity contribution in [3.63, 3.8) is 0 Å². The zero-order valence-corrected chi connectivity index (χ0v) is 12.1. The molecule has 2 unspecified atom stereocenters. The second-order valence-corrected chi connectivity index (χ2v) is 5.49. The van der Waals surface area contributed by atoms with Crippen LogP contribution < -0.4 is 0 Å². The highest BCUT2D eigenvalue weighted by Crippen LogP contribution is 2.19. The van der Waals surface area contributed by atoms with Crippen molar-refractivity contribution in [2.75, 3.05) is 26.2 Å². The van der Waals surface area contributed by atoms with E-state index in [0.717, 1.165) is 38.1 Å². The smallest absolute Gasteiger partial charge is 0.0916 e. The van der Waals surface area contributed by atoms with E-state index >= 15 is 0 Å². The Labute approximate surface area is 120 Å². The highest BCUT2D eigenvalue weighted by atomic mass is 35.5. The quantitative estimate of drug-likeness (QED) is 0.871. The van der Waals surface area contributed by atoms with E-state index in [9.17, 15) is 5.11 Å². The molecule has 0 spiro atoms. The largest absolute Gasteiger partial charge is 0.387 e. The molecule has 1 aliphatic heterocycles. The Bertz CT molecular complexity index is 376. The lowest BCUT2D eigenvalue weighted by Gasteiger charge is -2.26. The van der Waals surface area contributed by atoms with Crippen LogP contribution in [0.15, 0.2) is 24.3 Å². The number of hydrogen-bond acceptors (Lipinski definition) is 3. The number of aliphatic hydroxyl groups excluding tert-OH is 1. The van der Waals surface area contributed by atoms with Crippen molar-refractivity contribution in [3.8, 4) is 0 Å². The van der Waals surface area contributed by atoms with Crippen LogP contribution in [0, 0.1) is 0 Å². The van der Waals surface area contributed by atoms with Crippen LogP contribution in [0.3, 0.4) is 0 Å². The average molecular weight is 284 g/mol. The van der Waals surface area contributed by atoms with E-state index in [1.54, 1.807) is 0 Å². The summed E-state index contributed by atoms with van der Waals surface area (Å²) in [7, 11) is 0. The van der Waals surface area contributed by atoms with Crippen molar-refractivity contribution in [2.24, 2.45) is 0 Å². The Morgan fingerprint density at radius 1 is 1.42 bits per heavy atom. The third kappa shape index (κ3) is 4.46. The first-order chi connectivity index (χ1) is 9.19. The first kappa shape index (κ1) is 14.8. The molecular weight excluding hydrogens is 262 g/mol. The van der Waals surface area contributed by atoms with Gasteiger partial charge >= 0.3 is 0 Å². The van der Waals surface area contributed by atoms with E-state index in [1.165, 1.54) is 0 Å². The maximum atomic E-state index is 10.3. The molecule has 0 bridgehead atoms. The van der Waals surface area contributed by atoms with Gasteiger partial charge in [-0.2, -0.15) is 0 Å². The average Bonchev–Trinajstić information content (AvgIpc) is 2.91. The lowest BCUT2D eigenvalue weighted by Crippen LogP contribution is -2.35. The molecule has 1 aromatic carbocycles. The number of ether oxygens (including phenoxy) is 1. The minimum atomic E-state index is -0.474. The van der Waals surface area contributed by atoms with Gasteiger partial charge in [0.15, 0.2) is 0 Å². The Morgan fingerprint density at radius 3 is 2.74 bits per heavy atom. The predicted molar refractivity (Wildman–Crippen MR) is 77.5 cm³/mol. The number of hydrogen-bond donors (Lipinski definition) is 1. The molecule has 1 N–H and O–H groups in total. The normalized spacial score (nSPS) is 20.9. The number of aliphatic hydroxyl groups is 1. The summed E-state index contributed by atoms with van der Waals surface area (Å²) in [6, 6.07) is 7.40. The van der Waals surface area contributed by atoms with E-state index in [4.69, 9.17) is 16.3 Å². The van der Waals surface area contributed by atoms with Crippen LogP contribution in [-0.2, 0) is 4.74 Å². The van der Waals surface area contributed by atoms with Crippen LogP contribution in [0.2, 0.25) is 5.02 Å². The molecule has 0 amide bonds. The first-order valence-electron chi connectivity index (χ1n) is 6.96. The molecule has 1 aliphatic rings. The van der Waals surface area contributed by atoms with Crippen LogP contribution in [0.4, 0.5) is 0 Å². The van der Waals surface area contributed by atoms with Crippen LogP contribution in [0.25, 0.3) is 0 Å². The Balaban J connectivity index is 1.87. The third-order valence-corrected chi connectivity index (χ3v) is 3.87. The second-order valence-electron chi connectivity index (χ2n) is 5.05. The summed E-state index contributed by atoms with van der Waals surface area (Å²) in [6.45, 7) is 5.45. The predicted octanol–water partition coefficient (Wildman–Crippen LogP) is 2.87. The zero-order chi connectivity index (χ0) is 13.7. The summed E-state index contributed by atoms with van der Waals surface area (Å²) >= 11 is 5.85. The molecule has 0 saturated carbocycles. The Kier molecular flexibility index (Phi) is 5.64. The zero-order valence-electron chi connectivity index (χ0n) is 11.4. The molecule has 4 heteroatoms. The standard InChI is InChI=1S/C15H22ClNO2/c1-2-17(10-14-4-3-9-19-14)11-15(18)12-5-7-13(16)8-6-12/h5-8,14-15,18H,2-4,9-11H2,1H3. The van der Waals surface area contributed by atoms with Crippen molar-refractivity contribution in [1.29, 1.82) is 0 Å². The van der Waals surface area contributed by atoms with Gasteiger partial charge in [-0.1, -0.05) is 30.7 Å². The summed E-state index contributed by atoms with van der Waals surface area (Å²) in [6.07, 6.45) is 2.14. The van der Waals surface area contributed by atoms with Crippen molar-refractivity contribution < 1.29 is 9.84 Å². The fourth-order valence-corrected chi connectivity index (χ4v) is 2.57. The Morgan fingerprint density at radius 2 is 2.16 bits per heavy atom. The van der Waals surface area contributed by atoms with Gasteiger partial charge in [-0.05, 0) is 37.1 Å². The van der Waals surface area contributed by atoms with Gasteiger partial charge in [-0.25, -0.2) is 0 Å².